The van der Waals surface area contributed by atoms with E-state index in [4.69, 9.17) is 21.1 Å². The summed E-state index contributed by atoms with van der Waals surface area (Å²) in [6, 6.07) is 6.01. The molecule has 0 radical (unpaired) electrons. The molecule has 7 nitrogen and oxygen atoms in total. The van der Waals surface area contributed by atoms with E-state index in [1.165, 1.54) is 6.92 Å². The Balaban J connectivity index is 1.80. The number of nitrogens with zero attached hydrogens (tertiary/aromatic N) is 1. The van der Waals surface area contributed by atoms with Crippen LogP contribution in [0, 0.1) is 0 Å². The Bertz CT molecular complexity index is 575. The summed E-state index contributed by atoms with van der Waals surface area (Å²) in [6.45, 7) is 1.67. The first-order valence-corrected chi connectivity index (χ1v) is 7.02. The summed E-state index contributed by atoms with van der Waals surface area (Å²) in [4.78, 5) is 35.8. The molecule has 1 atom stereocenters. The van der Waals surface area contributed by atoms with Gasteiger partial charge in [-0.25, -0.2) is 9.59 Å². The van der Waals surface area contributed by atoms with E-state index in [1.54, 1.807) is 24.3 Å². The molecule has 0 spiro atoms. The average molecular weight is 327 g/mol. The minimum absolute atomic E-state index is 0.270. The fourth-order valence-corrected chi connectivity index (χ4v) is 1.93. The topological polar surface area (TPSA) is 84.9 Å². The van der Waals surface area contributed by atoms with Crippen LogP contribution in [0.15, 0.2) is 24.3 Å². The molecule has 1 aromatic rings. The highest BCUT2D eigenvalue weighted by Crippen LogP contribution is 2.17. The van der Waals surface area contributed by atoms with Gasteiger partial charge in [0.15, 0.2) is 12.7 Å². The molecule has 1 aromatic carbocycles. The minimum atomic E-state index is -0.888. The summed E-state index contributed by atoms with van der Waals surface area (Å²) in [6.07, 6.45) is -0.888. The lowest BCUT2D eigenvalue weighted by Gasteiger charge is -2.15. The van der Waals surface area contributed by atoms with Gasteiger partial charge in [-0.15, -0.1) is 0 Å². The summed E-state index contributed by atoms with van der Waals surface area (Å²) in [5.41, 5.74) is 0. The number of esters is 1. The van der Waals surface area contributed by atoms with E-state index in [2.05, 4.69) is 5.32 Å². The second kappa shape index (κ2) is 7.13. The van der Waals surface area contributed by atoms with Crippen molar-refractivity contribution in [3.05, 3.63) is 29.3 Å². The maximum Gasteiger partial charge on any atom is 0.347 e. The van der Waals surface area contributed by atoms with Crippen molar-refractivity contribution >= 4 is 29.5 Å². The van der Waals surface area contributed by atoms with Crippen molar-refractivity contribution in [3.63, 3.8) is 0 Å². The SMILES string of the molecule is C[C@@H](Oc1ccc(Cl)cc1)C(=O)OCC(=O)N1CCNC1=O. The van der Waals surface area contributed by atoms with Crippen molar-refractivity contribution < 1.29 is 23.9 Å². The lowest BCUT2D eigenvalue weighted by atomic mass is 10.3. The third kappa shape index (κ3) is 4.11. The first-order chi connectivity index (χ1) is 10.5. The van der Waals surface area contributed by atoms with E-state index in [0.717, 1.165) is 4.90 Å². The largest absolute Gasteiger partial charge is 0.479 e. The molecule has 8 heteroatoms. The second-order valence-corrected chi connectivity index (χ2v) is 5.04. The second-order valence-electron chi connectivity index (χ2n) is 4.60. The molecule has 118 valence electrons. The predicted molar refractivity (Wildman–Crippen MR) is 77.6 cm³/mol. The molecule has 0 aliphatic carbocycles. The minimum Gasteiger partial charge on any atom is -0.479 e. The van der Waals surface area contributed by atoms with Gasteiger partial charge in [0.05, 0.1) is 0 Å². The molecule has 2 rings (SSSR count). The molecule has 0 unspecified atom stereocenters. The van der Waals surface area contributed by atoms with Crippen LogP contribution in [0.4, 0.5) is 4.79 Å². The molecular formula is C14H15ClN2O5. The van der Waals surface area contributed by atoms with E-state index in [1.807, 2.05) is 0 Å². The summed E-state index contributed by atoms with van der Waals surface area (Å²) < 4.78 is 10.2. The van der Waals surface area contributed by atoms with Crippen LogP contribution in [0.3, 0.4) is 0 Å². The number of carbonyl (C=O) groups excluding carboxylic acids is 3. The molecule has 1 N–H and O–H groups in total. The first kappa shape index (κ1) is 16.1. The first-order valence-electron chi connectivity index (χ1n) is 6.64. The number of hydrogen-bond donors (Lipinski definition) is 1. The fraction of sp³-hybridized carbons (Fsp3) is 0.357. The van der Waals surface area contributed by atoms with Crippen LogP contribution in [0.5, 0.6) is 5.75 Å². The molecule has 1 heterocycles. The highest BCUT2D eigenvalue weighted by Gasteiger charge is 2.27. The van der Waals surface area contributed by atoms with E-state index in [-0.39, 0.29) is 6.54 Å². The number of urea groups is 1. The number of amides is 3. The van der Waals surface area contributed by atoms with Gasteiger partial charge < -0.3 is 14.8 Å². The molecular weight excluding hydrogens is 312 g/mol. The quantitative estimate of drug-likeness (QED) is 0.822. The Morgan fingerprint density at radius 1 is 1.36 bits per heavy atom. The maximum absolute atomic E-state index is 11.8. The van der Waals surface area contributed by atoms with Gasteiger partial charge in [0.2, 0.25) is 0 Å². The normalized spacial score (nSPS) is 15.2. The highest BCUT2D eigenvalue weighted by atomic mass is 35.5. The molecule has 0 bridgehead atoms. The molecule has 0 aromatic heterocycles. The van der Waals surface area contributed by atoms with Crippen molar-refractivity contribution in [2.24, 2.45) is 0 Å². The average Bonchev–Trinajstić information content (AvgIpc) is 2.93. The van der Waals surface area contributed by atoms with Gasteiger partial charge in [-0.1, -0.05) is 11.6 Å². The maximum atomic E-state index is 11.8. The Hall–Kier alpha value is -2.28. The van der Waals surface area contributed by atoms with Crippen LogP contribution >= 0.6 is 11.6 Å². The predicted octanol–water partition coefficient (Wildman–Crippen LogP) is 1.20. The zero-order valence-electron chi connectivity index (χ0n) is 11.9. The standard InChI is InChI=1S/C14H15ClN2O5/c1-9(22-11-4-2-10(15)3-5-11)13(19)21-8-12(18)17-7-6-16-14(17)20/h2-5,9H,6-8H2,1H3,(H,16,20)/t9-/m1/s1. The van der Waals surface area contributed by atoms with Crippen molar-refractivity contribution in [2.75, 3.05) is 19.7 Å². The number of imide groups is 1. The smallest absolute Gasteiger partial charge is 0.347 e. The summed E-state index contributed by atoms with van der Waals surface area (Å²) in [7, 11) is 0. The van der Waals surface area contributed by atoms with Crippen molar-refractivity contribution in [1.29, 1.82) is 0 Å². The number of rotatable bonds is 5. The molecule has 1 aliphatic heterocycles. The number of halogens is 1. The van der Waals surface area contributed by atoms with E-state index in [9.17, 15) is 14.4 Å². The van der Waals surface area contributed by atoms with Gasteiger partial charge >= 0.3 is 12.0 Å². The van der Waals surface area contributed by atoms with Crippen LogP contribution < -0.4 is 10.1 Å². The van der Waals surface area contributed by atoms with Gasteiger partial charge in [-0.2, -0.15) is 0 Å². The highest BCUT2D eigenvalue weighted by molar-refractivity contribution is 6.30. The Labute approximate surface area is 132 Å². The van der Waals surface area contributed by atoms with Crippen LogP contribution in [-0.2, 0) is 14.3 Å². The Morgan fingerprint density at radius 3 is 2.64 bits per heavy atom. The number of benzene rings is 1. The molecule has 1 aliphatic rings. The van der Waals surface area contributed by atoms with E-state index < -0.39 is 30.6 Å². The van der Waals surface area contributed by atoms with Gasteiger partial charge in [0.1, 0.15) is 5.75 Å². The summed E-state index contributed by atoms with van der Waals surface area (Å²) in [5, 5.41) is 3.04. The van der Waals surface area contributed by atoms with E-state index >= 15 is 0 Å². The van der Waals surface area contributed by atoms with Gasteiger partial charge in [-0.05, 0) is 31.2 Å². The molecule has 1 fully saturated rings. The van der Waals surface area contributed by atoms with Crippen molar-refractivity contribution in [3.8, 4) is 5.75 Å². The number of hydrogen-bond acceptors (Lipinski definition) is 5. The Morgan fingerprint density at radius 2 is 2.05 bits per heavy atom. The number of nitrogens with one attached hydrogen (secondary N) is 1. The number of carbonyl (C=O) groups is 3. The van der Waals surface area contributed by atoms with Crippen LogP contribution in [0.25, 0.3) is 0 Å². The monoisotopic (exact) mass is 326 g/mol. The zero-order chi connectivity index (χ0) is 16.1. The third-order valence-electron chi connectivity index (χ3n) is 2.95. The molecule has 0 saturated carbocycles. The van der Waals surface area contributed by atoms with Crippen LogP contribution in [-0.4, -0.2) is 48.6 Å². The lowest BCUT2D eigenvalue weighted by Crippen LogP contribution is -2.38. The van der Waals surface area contributed by atoms with Crippen molar-refractivity contribution in [2.45, 2.75) is 13.0 Å². The number of ether oxygens (including phenoxy) is 2. The summed E-state index contributed by atoms with van der Waals surface area (Å²) in [5.74, 6) is -0.802. The third-order valence-corrected chi connectivity index (χ3v) is 3.21. The Kier molecular flexibility index (Phi) is 5.21. The molecule has 22 heavy (non-hydrogen) atoms. The van der Waals surface area contributed by atoms with E-state index in [0.29, 0.717) is 17.3 Å². The lowest BCUT2D eigenvalue weighted by molar-refractivity contribution is -0.156. The van der Waals surface area contributed by atoms with Gasteiger partial charge in [0, 0.05) is 18.1 Å². The van der Waals surface area contributed by atoms with Crippen molar-refractivity contribution in [1.82, 2.24) is 10.2 Å². The summed E-state index contributed by atoms with van der Waals surface area (Å²) >= 11 is 5.75. The van der Waals surface area contributed by atoms with Gasteiger partial charge in [-0.3, -0.25) is 9.69 Å². The van der Waals surface area contributed by atoms with Gasteiger partial charge in [0.25, 0.3) is 5.91 Å². The molecule has 3 amide bonds. The fourth-order valence-electron chi connectivity index (χ4n) is 1.80. The zero-order valence-corrected chi connectivity index (χ0v) is 12.6. The molecule has 1 saturated heterocycles. The van der Waals surface area contributed by atoms with Crippen LogP contribution in [0.2, 0.25) is 5.02 Å². The van der Waals surface area contributed by atoms with Crippen LogP contribution in [0.1, 0.15) is 6.92 Å².